The van der Waals surface area contributed by atoms with Crippen molar-refractivity contribution in [2.45, 2.75) is 87.2 Å². The molecule has 11 heteroatoms. The second-order valence-corrected chi connectivity index (χ2v) is 14.4. The molecule has 1 aliphatic heterocycles. The van der Waals surface area contributed by atoms with E-state index in [0.29, 0.717) is 26.1 Å². The van der Waals surface area contributed by atoms with E-state index in [-0.39, 0.29) is 30.9 Å². The van der Waals surface area contributed by atoms with Crippen LogP contribution >= 0.6 is 0 Å². The van der Waals surface area contributed by atoms with E-state index in [1.54, 1.807) is 21.3 Å². The van der Waals surface area contributed by atoms with Gasteiger partial charge < -0.3 is 43.7 Å². The molecular weight excluding hydrogens is 582 g/mol. The van der Waals surface area contributed by atoms with Gasteiger partial charge in [-0.3, -0.25) is 9.69 Å². The van der Waals surface area contributed by atoms with Gasteiger partial charge in [-0.15, -0.1) is 0 Å². The minimum Gasteiger partial charge on any atom is -0.455 e. The summed E-state index contributed by atoms with van der Waals surface area (Å²) in [5, 5.41) is 37.3. The van der Waals surface area contributed by atoms with Gasteiger partial charge in [0.05, 0.1) is 37.6 Å². The van der Waals surface area contributed by atoms with Crippen LogP contribution in [-0.2, 0) is 39.8 Å². The first kappa shape index (κ1) is 31.9. The summed E-state index contributed by atoms with van der Waals surface area (Å²) in [5.74, 6) is -2.31. The number of rotatable bonds is 10. The third kappa shape index (κ3) is 3.70. The molecule has 1 aromatic carbocycles. The van der Waals surface area contributed by atoms with E-state index >= 15 is 0 Å². The van der Waals surface area contributed by atoms with Gasteiger partial charge >= 0.3 is 5.97 Å². The maximum Gasteiger partial charge on any atom is 0.303 e. The van der Waals surface area contributed by atoms with E-state index in [4.69, 9.17) is 28.4 Å². The van der Waals surface area contributed by atoms with Gasteiger partial charge in [-0.2, -0.15) is 0 Å². The monoisotopic (exact) mass is 631 g/mol. The van der Waals surface area contributed by atoms with Crippen LogP contribution in [0.3, 0.4) is 0 Å². The number of likely N-dealkylation sites (tertiary alicyclic amines) is 1. The zero-order valence-corrected chi connectivity index (χ0v) is 27.1. The number of carbonyl (C=O) groups is 1. The van der Waals surface area contributed by atoms with E-state index in [0.717, 1.165) is 5.56 Å². The van der Waals surface area contributed by atoms with Crippen LogP contribution in [0.15, 0.2) is 30.3 Å². The molecule has 6 aliphatic rings. The molecule has 45 heavy (non-hydrogen) atoms. The van der Waals surface area contributed by atoms with E-state index in [1.807, 2.05) is 30.3 Å². The Morgan fingerprint density at radius 3 is 2.36 bits per heavy atom. The fourth-order valence-corrected chi connectivity index (χ4v) is 12.4. The van der Waals surface area contributed by atoms with Crippen molar-refractivity contribution in [3.8, 4) is 0 Å². The number of hydrogen-bond acceptors (Lipinski definition) is 11. The summed E-state index contributed by atoms with van der Waals surface area (Å²) in [6, 6.07) is 9.50. The fraction of sp³-hybridized carbons (Fsp3) is 0.794. The van der Waals surface area contributed by atoms with E-state index in [1.165, 1.54) is 14.0 Å². The lowest BCUT2D eigenvalue weighted by Gasteiger charge is -2.70. The molecule has 15 atom stereocenters. The highest BCUT2D eigenvalue weighted by atomic mass is 16.6. The first-order valence-corrected chi connectivity index (χ1v) is 16.3. The number of piperidine rings is 1. The molecule has 5 aliphatic carbocycles. The summed E-state index contributed by atoms with van der Waals surface area (Å²) < 4.78 is 38.1. The quantitative estimate of drug-likeness (QED) is 0.319. The van der Waals surface area contributed by atoms with Gasteiger partial charge in [-0.1, -0.05) is 37.3 Å². The highest BCUT2D eigenvalue weighted by Gasteiger charge is 2.92. The summed E-state index contributed by atoms with van der Waals surface area (Å²) in [5.41, 5.74) is -3.55. The topological polar surface area (TPSA) is 136 Å². The molecule has 7 bridgehead atoms. The van der Waals surface area contributed by atoms with Crippen molar-refractivity contribution >= 4 is 5.97 Å². The van der Waals surface area contributed by atoms with Gasteiger partial charge in [0.2, 0.25) is 0 Å². The van der Waals surface area contributed by atoms with Crippen molar-refractivity contribution in [1.82, 2.24) is 4.90 Å². The number of esters is 1. The number of methoxy groups -OCH3 is 4. The highest BCUT2D eigenvalue weighted by molar-refractivity contribution is 5.67. The number of benzene rings is 1. The van der Waals surface area contributed by atoms with Gasteiger partial charge in [0.25, 0.3) is 0 Å². The Morgan fingerprint density at radius 1 is 1.02 bits per heavy atom. The average molecular weight is 632 g/mol. The number of aliphatic hydroxyl groups excluding tert-OH is 2. The number of hydrogen-bond donors (Lipinski definition) is 3. The van der Waals surface area contributed by atoms with E-state index in [2.05, 4.69) is 11.8 Å². The van der Waals surface area contributed by atoms with Gasteiger partial charge in [0, 0.05) is 83.0 Å². The molecule has 1 heterocycles. The molecule has 1 aromatic rings. The summed E-state index contributed by atoms with van der Waals surface area (Å²) in [6.45, 7) is 5.18. The first-order chi connectivity index (χ1) is 21.6. The van der Waals surface area contributed by atoms with Crippen molar-refractivity contribution < 1.29 is 48.5 Å². The molecule has 5 saturated carbocycles. The largest absolute Gasteiger partial charge is 0.455 e. The van der Waals surface area contributed by atoms with Crippen molar-refractivity contribution in [3.63, 3.8) is 0 Å². The Bertz CT molecular complexity index is 1280. The molecule has 11 nitrogen and oxygen atoms in total. The fourth-order valence-electron chi connectivity index (χ4n) is 12.4. The molecule has 0 radical (unpaired) electrons. The number of nitrogens with zero attached hydrogens (tertiary/aromatic N) is 1. The predicted octanol–water partition coefficient (Wildman–Crippen LogP) is 1.01. The minimum absolute atomic E-state index is 0.221. The molecule has 0 aromatic heterocycles. The van der Waals surface area contributed by atoms with E-state index in [9.17, 15) is 20.1 Å². The third-order valence-corrected chi connectivity index (χ3v) is 13.2. The molecule has 1 spiro atoms. The lowest BCUT2D eigenvalue weighted by Crippen LogP contribution is -2.81. The van der Waals surface area contributed by atoms with Gasteiger partial charge in [0.1, 0.15) is 17.8 Å². The van der Waals surface area contributed by atoms with Crippen LogP contribution in [-0.4, -0.2) is 128 Å². The zero-order valence-electron chi connectivity index (χ0n) is 27.1. The maximum atomic E-state index is 13.2. The standard InChI is InChI=1S/C34H49NO10/c1-7-35-16-31(17-40-3)21(37)13-22(41-4)33-20-14-32(39)29(44-15-19-11-9-8-10-12-19)23(20)34(45-18(2)36,28(38)30(32)43-6)24(27(33)35)25(42-5)26(31)33/h8-12,20-30,37-39H,7,13-17H2,1-6H3/t20?,21?,22?,23?,24?,25?,26?,27?,28?,29?,30-,31?,32+,33?,34+/m0/s1. The summed E-state index contributed by atoms with van der Waals surface area (Å²) in [4.78, 5) is 15.6. The molecule has 12 unspecified atom stereocenters. The molecular formula is C34H49NO10. The Balaban J connectivity index is 1.51. The lowest BCUT2D eigenvalue weighted by molar-refractivity contribution is -0.328. The van der Waals surface area contributed by atoms with Crippen LogP contribution in [0.2, 0.25) is 0 Å². The zero-order chi connectivity index (χ0) is 32.1. The van der Waals surface area contributed by atoms with Crippen LogP contribution in [0, 0.1) is 34.5 Å². The SMILES string of the molecule is CCN1CC2(COC)C(O)CC(OC)C34C5C[C@@]6(O)C(OCc7ccccc7)C5[C@@](OC(C)=O)(C(C(OC)C23)C14)C(O)[C@@H]6OC. The lowest BCUT2D eigenvalue weighted by atomic mass is 9.42. The first-order valence-electron chi connectivity index (χ1n) is 16.3. The smallest absolute Gasteiger partial charge is 0.303 e. The number of aliphatic hydroxyl groups is 3. The van der Waals surface area contributed by atoms with Crippen LogP contribution in [0.1, 0.15) is 32.3 Å². The Morgan fingerprint density at radius 2 is 1.76 bits per heavy atom. The van der Waals surface area contributed by atoms with Crippen LogP contribution < -0.4 is 0 Å². The number of fused-ring (bicyclic) bond motifs is 2. The van der Waals surface area contributed by atoms with Crippen LogP contribution in [0.25, 0.3) is 0 Å². The summed E-state index contributed by atoms with van der Waals surface area (Å²) in [7, 11) is 6.49. The average Bonchev–Trinajstić information content (AvgIpc) is 3.41. The van der Waals surface area contributed by atoms with Crippen molar-refractivity contribution in [3.05, 3.63) is 35.9 Å². The predicted molar refractivity (Wildman–Crippen MR) is 160 cm³/mol. The molecule has 7 rings (SSSR count). The normalized spacial score (nSPS) is 50.9. The van der Waals surface area contributed by atoms with Crippen molar-refractivity contribution in [1.29, 1.82) is 0 Å². The maximum absolute atomic E-state index is 13.2. The summed E-state index contributed by atoms with van der Waals surface area (Å²) >= 11 is 0. The van der Waals surface area contributed by atoms with Gasteiger partial charge in [-0.25, -0.2) is 0 Å². The Labute approximate surface area is 265 Å². The molecule has 250 valence electrons. The second-order valence-electron chi connectivity index (χ2n) is 14.4. The summed E-state index contributed by atoms with van der Waals surface area (Å²) in [6.07, 6.45) is -4.36. The number of ether oxygens (including phenoxy) is 6. The van der Waals surface area contributed by atoms with Gasteiger partial charge in [-0.05, 0) is 24.4 Å². The molecule has 1 saturated heterocycles. The minimum atomic E-state index is -1.59. The second kappa shape index (κ2) is 10.9. The molecule has 0 amide bonds. The Kier molecular flexibility index (Phi) is 7.75. The highest BCUT2D eigenvalue weighted by Crippen LogP contribution is 2.80. The van der Waals surface area contributed by atoms with Crippen molar-refractivity contribution in [2.24, 2.45) is 34.5 Å². The third-order valence-electron chi connectivity index (χ3n) is 13.2. The van der Waals surface area contributed by atoms with Crippen LogP contribution in [0.4, 0.5) is 0 Å². The van der Waals surface area contributed by atoms with Gasteiger partial charge in [0.15, 0.2) is 5.60 Å². The number of carbonyl (C=O) groups excluding carboxylic acids is 1. The van der Waals surface area contributed by atoms with Crippen LogP contribution in [0.5, 0.6) is 0 Å². The molecule has 3 N–H and O–H groups in total. The van der Waals surface area contributed by atoms with Crippen molar-refractivity contribution in [2.75, 3.05) is 48.1 Å². The Hall–Kier alpha value is -1.67. The van der Waals surface area contributed by atoms with E-state index < -0.39 is 76.5 Å². The molecule has 6 fully saturated rings.